The van der Waals surface area contributed by atoms with Crippen molar-refractivity contribution < 1.29 is 9.53 Å². The number of nitrogens with two attached hydrogens (primary N) is 1. The zero-order valence-electron chi connectivity index (χ0n) is 11.9. The molecule has 1 amide bonds. The van der Waals surface area contributed by atoms with Crippen LogP contribution in [0.4, 0.5) is 0 Å². The highest BCUT2D eigenvalue weighted by Crippen LogP contribution is 2.24. The van der Waals surface area contributed by atoms with E-state index in [2.05, 4.69) is 26.1 Å². The van der Waals surface area contributed by atoms with E-state index in [1.165, 1.54) is 0 Å². The molecule has 0 fully saturated rings. The zero-order chi connectivity index (χ0) is 13.5. The lowest BCUT2D eigenvalue weighted by Crippen LogP contribution is -2.41. The Hall–Kier alpha value is -0.610. The van der Waals surface area contributed by atoms with E-state index in [4.69, 9.17) is 10.5 Å². The van der Waals surface area contributed by atoms with Crippen LogP contribution in [0.25, 0.3) is 0 Å². The van der Waals surface area contributed by atoms with Crippen LogP contribution in [0, 0.1) is 11.3 Å². The maximum absolute atomic E-state index is 12.0. The van der Waals surface area contributed by atoms with E-state index in [0.717, 1.165) is 12.8 Å². The second-order valence-corrected chi connectivity index (χ2v) is 5.89. The van der Waals surface area contributed by atoms with Gasteiger partial charge >= 0.3 is 0 Å². The Balaban J connectivity index is 4.16. The molecule has 4 nitrogen and oxygen atoms in total. The normalized spacial score (nSPS) is 15.4. The van der Waals surface area contributed by atoms with Crippen molar-refractivity contribution in [1.82, 2.24) is 5.32 Å². The third kappa shape index (κ3) is 8.16. The van der Waals surface area contributed by atoms with Crippen LogP contribution in [-0.4, -0.2) is 32.2 Å². The quantitative estimate of drug-likeness (QED) is 0.714. The van der Waals surface area contributed by atoms with Crippen LogP contribution < -0.4 is 11.1 Å². The molecule has 0 saturated heterocycles. The molecule has 0 aromatic rings. The predicted molar refractivity (Wildman–Crippen MR) is 70.7 cm³/mol. The number of hydrogen-bond acceptors (Lipinski definition) is 3. The van der Waals surface area contributed by atoms with Gasteiger partial charge in [0.15, 0.2) is 0 Å². The van der Waals surface area contributed by atoms with Gasteiger partial charge in [0.2, 0.25) is 5.91 Å². The fourth-order valence-corrected chi connectivity index (χ4v) is 1.75. The van der Waals surface area contributed by atoms with E-state index in [1.807, 2.05) is 6.92 Å². The van der Waals surface area contributed by atoms with Crippen molar-refractivity contribution in [2.24, 2.45) is 17.1 Å². The fourth-order valence-electron chi connectivity index (χ4n) is 1.75. The van der Waals surface area contributed by atoms with Crippen LogP contribution in [-0.2, 0) is 9.53 Å². The minimum absolute atomic E-state index is 0.0611. The van der Waals surface area contributed by atoms with Gasteiger partial charge in [-0.3, -0.25) is 4.79 Å². The summed E-state index contributed by atoms with van der Waals surface area (Å²) in [7, 11) is 1.66. The van der Waals surface area contributed by atoms with Gasteiger partial charge in [-0.05, 0) is 25.2 Å². The van der Waals surface area contributed by atoms with Crippen molar-refractivity contribution in [3.63, 3.8) is 0 Å². The average molecular weight is 244 g/mol. The highest BCUT2D eigenvalue weighted by molar-refractivity contribution is 5.79. The first-order valence-electron chi connectivity index (χ1n) is 6.29. The maximum Gasteiger partial charge on any atom is 0.224 e. The van der Waals surface area contributed by atoms with Crippen LogP contribution in [0.2, 0.25) is 0 Å². The molecule has 2 atom stereocenters. The zero-order valence-corrected chi connectivity index (χ0v) is 11.9. The standard InChI is InChI=1S/C13H28N2O2/c1-10(6-7-17-5)15-12(16)11(9-14)8-13(2,3)4/h10-11H,6-9,14H2,1-5H3,(H,15,16). The molecule has 2 unspecified atom stereocenters. The number of rotatable bonds is 7. The molecule has 0 aliphatic heterocycles. The number of ether oxygens (including phenoxy) is 1. The second kappa shape index (κ2) is 7.67. The first kappa shape index (κ1) is 16.4. The Labute approximate surface area is 105 Å². The Morgan fingerprint density at radius 3 is 2.41 bits per heavy atom. The highest BCUT2D eigenvalue weighted by atomic mass is 16.5. The van der Waals surface area contributed by atoms with Crippen molar-refractivity contribution in [2.75, 3.05) is 20.3 Å². The summed E-state index contributed by atoms with van der Waals surface area (Å²) in [5, 5.41) is 2.99. The maximum atomic E-state index is 12.0. The van der Waals surface area contributed by atoms with Gasteiger partial charge in [-0.15, -0.1) is 0 Å². The molecule has 0 saturated carbocycles. The number of nitrogens with one attached hydrogen (secondary N) is 1. The minimum atomic E-state index is -0.0972. The van der Waals surface area contributed by atoms with Crippen molar-refractivity contribution in [1.29, 1.82) is 0 Å². The molecule has 0 spiro atoms. The molecular weight excluding hydrogens is 216 g/mol. The molecule has 0 aliphatic rings. The van der Waals surface area contributed by atoms with Gasteiger partial charge in [-0.2, -0.15) is 0 Å². The number of carbonyl (C=O) groups is 1. The Kier molecular flexibility index (Phi) is 7.39. The molecule has 0 rings (SSSR count). The molecule has 0 aromatic heterocycles. The van der Waals surface area contributed by atoms with Crippen LogP contribution in [0.3, 0.4) is 0 Å². The van der Waals surface area contributed by atoms with E-state index in [0.29, 0.717) is 13.2 Å². The van der Waals surface area contributed by atoms with Gasteiger partial charge < -0.3 is 15.8 Å². The smallest absolute Gasteiger partial charge is 0.224 e. The Bertz CT molecular complexity index is 224. The van der Waals surface area contributed by atoms with E-state index in [1.54, 1.807) is 7.11 Å². The molecule has 4 heteroatoms. The third-order valence-corrected chi connectivity index (χ3v) is 2.66. The lowest BCUT2D eigenvalue weighted by molar-refractivity contribution is -0.126. The van der Waals surface area contributed by atoms with Crippen LogP contribution in [0.15, 0.2) is 0 Å². The number of amides is 1. The monoisotopic (exact) mass is 244 g/mol. The van der Waals surface area contributed by atoms with Crippen molar-refractivity contribution in [3.05, 3.63) is 0 Å². The van der Waals surface area contributed by atoms with Gasteiger partial charge in [0.25, 0.3) is 0 Å². The lowest BCUT2D eigenvalue weighted by atomic mass is 9.84. The SMILES string of the molecule is COCCC(C)NC(=O)C(CN)CC(C)(C)C. The first-order chi connectivity index (χ1) is 7.80. The summed E-state index contributed by atoms with van der Waals surface area (Å²) in [6.45, 7) is 9.42. The summed E-state index contributed by atoms with van der Waals surface area (Å²) in [5.74, 6) is -0.0361. The van der Waals surface area contributed by atoms with Gasteiger partial charge in [0.05, 0.1) is 5.92 Å². The molecular formula is C13H28N2O2. The number of carbonyl (C=O) groups excluding carboxylic acids is 1. The van der Waals surface area contributed by atoms with Gasteiger partial charge in [0, 0.05) is 26.3 Å². The molecule has 3 N–H and O–H groups in total. The third-order valence-electron chi connectivity index (χ3n) is 2.66. The molecule has 0 heterocycles. The van der Waals surface area contributed by atoms with Crippen LogP contribution >= 0.6 is 0 Å². The molecule has 0 bridgehead atoms. The minimum Gasteiger partial charge on any atom is -0.385 e. The molecule has 0 aromatic carbocycles. The van der Waals surface area contributed by atoms with Gasteiger partial charge in [-0.1, -0.05) is 20.8 Å². The van der Waals surface area contributed by atoms with E-state index in [9.17, 15) is 4.79 Å². The summed E-state index contributed by atoms with van der Waals surface area (Å²) >= 11 is 0. The van der Waals surface area contributed by atoms with Gasteiger partial charge in [-0.25, -0.2) is 0 Å². The summed E-state index contributed by atoms with van der Waals surface area (Å²) in [6.07, 6.45) is 1.64. The van der Waals surface area contributed by atoms with E-state index < -0.39 is 0 Å². The molecule has 0 radical (unpaired) electrons. The largest absolute Gasteiger partial charge is 0.385 e. The average Bonchev–Trinajstić information content (AvgIpc) is 2.21. The topological polar surface area (TPSA) is 64.3 Å². The predicted octanol–water partition coefficient (Wildman–Crippen LogP) is 1.54. The lowest BCUT2D eigenvalue weighted by Gasteiger charge is -2.25. The van der Waals surface area contributed by atoms with Crippen molar-refractivity contribution in [3.8, 4) is 0 Å². The second-order valence-electron chi connectivity index (χ2n) is 5.89. The van der Waals surface area contributed by atoms with Crippen molar-refractivity contribution in [2.45, 2.75) is 46.6 Å². The van der Waals surface area contributed by atoms with Crippen LogP contribution in [0.1, 0.15) is 40.5 Å². The molecule has 17 heavy (non-hydrogen) atoms. The fraction of sp³-hybridized carbons (Fsp3) is 0.923. The Morgan fingerprint density at radius 2 is 2.00 bits per heavy atom. The number of hydrogen-bond donors (Lipinski definition) is 2. The molecule has 102 valence electrons. The summed E-state index contributed by atoms with van der Waals surface area (Å²) in [4.78, 5) is 12.0. The summed E-state index contributed by atoms with van der Waals surface area (Å²) in [5.41, 5.74) is 5.79. The van der Waals surface area contributed by atoms with E-state index >= 15 is 0 Å². The van der Waals surface area contributed by atoms with Crippen LogP contribution in [0.5, 0.6) is 0 Å². The van der Waals surface area contributed by atoms with Crippen molar-refractivity contribution >= 4 is 5.91 Å². The van der Waals surface area contributed by atoms with E-state index in [-0.39, 0.29) is 23.3 Å². The number of methoxy groups -OCH3 is 1. The van der Waals surface area contributed by atoms with Gasteiger partial charge in [0.1, 0.15) is 0 Å². The molecule has 0 aliphatic carbocycles. The summed E-state index contributed by atoms with van der Waals surface area (Å²) < 4.78 is 4.99. The Morgan fingerprint density at radius 1 is 1.41 bits per heavy atom. The highest BCUT2D eigenvalue weighted by Gasteiger charge is 2.24. The first-order valence-corrected chi connectivity index (χ1v) is 6.29. The summed E-state index contributed by atoms with van der Waals surface area (Å²) in [6, 6.07) is 0.136.